The monoisotopic (exact) mass is 444 g/mol. The van der Waals surface area contributed by atoms with Crippen LogP contribution in [0.4, 0.5) is 17.1 Å². The number of anilines is 3. The quantitative estimate of drug-likeness (QED) is 0.462. The molecule has 3 N–H and O–H groups in total. The van der Waals surface area contributed by atoms with Crippen molar-refractivity contribution in [3.63, 3.8) is 0 Å². The first-order chi connectivity index (χ1) is 16.0. The fourth-order valence-corrected chi connectivity index (χ4v) is 3.19. The fraction of sp³-hybridized carbons (Fsp3) is 0.192. The highest BCUT2D eigenvalue weighted by molar-refractivity contribution is 6.06. The maximum Gasteiger partial charge on any atom is 0.258 e. The highest BCUT2D eigenvalue weighted by Crippen LogP contribution is 2.17. The highest BCUT2D eigenvalue weighted by atomic mass is 16.2. The molecule has 0 fully saturated rings. The van der Waals surface area contributed by atoms with Crippen molar-refractivity contribution in [2.45, 2.75) is 13.3 Å². The van der Waals surface area contributed by atoms with Crippen LogP contribution in [0.15, 0.2) is 78.9 Å². The second kappa shape index (κ2) is 11.5. The Morgan fingerprint density at radius 1 is 0.818 bits per heavy atom. The van der Waals surface area contributed by atoms with Gasteiger partial charge in [0.2, 0.25) is 5.91 Å². The Morgan fingerprint density at radius 2 is 1.48 bits per heavy atom. The van der Waals surface area contributed by atoms with E-state index in [0.29, 0.717) is 29.0 Å². The number of benzene rings is 3. The zero-order chi connectivity index (χ0) is 23.6. The molecule has 3 aromatic rings. The lowest BCUT2D eigenvalue weighted by Crippen LogP contribution is -2.26. The lowest BCUT2D eigenvalue weighted by molar-refractivity contribution is -0.114. The zero-order valence-corrected chi connectivity index (χ0v) is 18.8. The molecular formula is C26H28N4O3. The normalized spacial score (nSPS) is 10.2. The van der Waals surface area contributed by atoms with E-state index in [0.717, 1.165) is 12.1 Å². The Bertz CT molecular complexity index is 1120. The maximum atomic E-state index is 12.8. The van der Waals surface area contributed by atoms with Crippen LogP contribution in [0.25, 0.3) is 0 Å². The van der Waals surface area contributed by atoms with E-state index < -0.39 is 0 Å². The van der Waals surface area contributed by atoms with Gasteiger partial charge in [-0.15, -0.1) is 0 Å². The van der Waals surface area contributed by atoms with Crippen molar-refractivity contribution >= 4 is 34.8 Å². The number of amides is 3. The molecule has 0 unspecified atom stereocenters. The summed E-state index contributed by atoms with van der Waals surface area (Å²) in [5.74, 6) is -0.586. The lowest BCUT2D eigenvalue weighted by Gasteiger charge is -2.17. The molecule has 0 spiro atoms. The first kappa shape index (κ1) is 23.5. The Labute approximate surface area is 193 Å². The van der Waals surface area contributed by atoms with Crippen molar-refractivity contribution in [3.05, 3.63) is 90.0 Å². The molecule has 170 valence electrons. The van der Waals surface area contributed by atoms with Crippen molar-refractivity contribution in [2.75, 3.05) is 35.7 Å². The molecule has 0 aromatic heterocycles. The predicted molar refractivity (Wildman–Crippen MR) is 132 cm³/mol. The van der Waals surface area contributed by atoms with Gasteiger partial charge in [-0.3, -0.25) is 14.4 Å². The summed E-state index contributed by atoms with van der Waals surface area (Å²) < 4.78 is 0. The average Bonchev–Trinajstić information content (AvgIpc) is 2.86. The fourth-order valence-electron chi connectivity index (χ4n) is 3.19. The molecule has 33 heavy (non-hydrogen) atoms. The van der Waals surface area contributed by atoms with E-state index in [2.05, 4.69) is 16.0 Å². The van der Waals surface area contributed by atoms with Crippen LogP contribution in [-0.4, -0.2) is 37.9 Å². The number of hydrogen-bond acceptors (Lipinski definition) is 4. The molecule has 0 heterocycles. The summed E-state index contributed by atoms with van der Waals surface area (Å²) in [5.41, 5.74) is 2.98. The molecule has 0 aliphatic heterocycles. The molecule has 0 atom stereocenters. The molecule has 0 saturated carbocycles. The molecule has 7 nitrogen and oxygen atoms in total. The van der Waals surface area contributed by atoms with Gasteiger partial charge in [-0.05, 0) is 55.0 Å². The Balaban J connectivity index is 1.58. The minimum atomic E-state index is -0.267. The van der Waals surface area contributed by atoms with Crippen LogP contribution >= 0.6 is 0 Å². The summed E-state index contributed by atoms with van der Waals surface area (Å²) in [6.45, 7) is 2.62. The zero-order valence-electron chi connectivity index (χ0n) is 18.8. The van der Waals surface area contributed by atoms with Crippen LogP contribution in [0.2, 0.25) is 0 Å². The third kappa shape index (κ3) is 6.67. The molecule has 0 aliphatic rings. The van der Waals surface area contributed by atoms with Crippen molar-refractivity contribution in [1.29, 1.82) is 0 Å². The number of hydrogen-bond donors (Lipinski definition) is 3. The van der Waals surface area contributed by atoms with E-state index in [1.165, 1.54) is 0 Å². The van der Waals surface area contributed by atoms with Crippen LogP contribution in [0.1, 0.15) is 34.1 Å². The van der Waals surface area contributed by atoms with Crippen LogP contribution in [0.5, 0.6) is 0 Å². The van der Waals surface area contributed by atoms with E-state index in [4.69, 9.17) is 0 Å². The van der Waals surface area contributed by atoms with Crippen LogP contribution < -0.4 is 20.9 Å². The minimum absolute atomic E-state index is 0.0160. The molecule has 3 amide bonds. The third-order valence-electron chi connectivity index (χ3n) is 4.95. The number of nitrogens with one attached hydrogen (secondary N) is 3. The van der Waals surface area contributed by atoms with Gasteiger partial charge in [0.1, 0.15) is 0 Å². The standard InChI is InChI=1S/C26H28N4O3/c1-3-15-27-25(32)19-9-7-11-21(16-19)28-18-24(31)29-22-12-8-10-20(17-22)26(33)30(2)23-13-5-4-6-14-23/h4-14,16-17,28H,3,15,18H2,1-2H3,(H,27,32)(H,29,31). The number of carbonyl (C=O) groups is 3. The Hall–Kier alpha value is -4.13. The van der Waals surface area contributed by atoms with Crippen molar-refractivity contribution in [1.82, 2.24) is 5.32 Å². The molecule has 0 aliphatic carbocycles. The Morgan fingerprint density at radius 3 is 2.21 bits per heavy atom. The highest BCUT2D eigenvalue weighted by Gasteiger charge is 2.14. The molecule has 3 rings (SSSR count). The molecular weight excluding hydrogens is 416 g/mol. The predicted octanol–water partition coefficient (Wildman–Crippen LogP) is 4.15. The number of carbonyl (C=O) groups excluding carboxylic acids is 3. The van der Waals surface area contributed by atoms with Crippen LogP contribution in [0, 0.1) is 0 Å². The van der Waals surface area contributed by atoms with E-state index in [1.807, 2.05) is 37.3 Å². The summed E-state index contributed by atoms with van der Waals surface area (Å²) in [5, 5.41) is 8.65. The molecule has 0 saturated heterocycles. The number of rotatable bonds is 9. The lowest BCUT2D eigenvalue weighted by atomic mass is 10.1. The van der Waals surface area contributed by atoms with Crippen molar-refractivity contribution < 1.29 is 14.4 Å². The van der Waals surface area contributed by atoms with Gasteiger partial charge in [0, 0.05) is 41.8 Å². The SMILES string of the molecule is CCCNC(=O)c1cccc(NCC(=O)Nc2cccc(C(=O)N(C)c3ccccc3)c2)c1. The van der Waals surface area contributed by atoms with Gasteiger partial charge in [0.25, 0.3) is 11.8 Å². The number of para-hydroxylation sites is 1. The van der Waals surface area contributed by atoms with Gasteiger partial charge < -0.3 is 20.9 Å². The van der Waals surface area contributed by atoms with E-state index in [1.54, 1.807) is 60.5 Å². The Kier molecular flexibility index (Phi) is 8.18. The molecule has 0 radical (unpaired) electrons. The van der Waals surface area contributed by atoms with Gasteiger partial charge in [-0.1, -0.05) is 37.3 Å². The summed E-state index contributed by atoms with van der Waals surface area (Å²) in [6, 6.07) is 23.2. The summed E-state index contributed by atoms with van der Waals surface area (Å²) in [4.78, 5) is 38.9. The maximum absolute atomic E-state index is 12.8. The second-order valence-electron chi connectivity index (χ2n) is 7.52. The molecule has 7 heteroatoms. The summed E-state index contributed by atoms with van der Waals surface area (Å²) in [6.07, 6.45) is 0.860. The summed E-state index contributed by atoms with van der Waals surface area (Å²) >= 11 is 0. The van der Waals surface area contributed by atoms with Gasteiger partial charge in [-0.2, -0.15) is 0 Å². The topological polar surface area (TPSA) is 90.5 Å². The van der Waals surface area contributed by atoms with Gasteiger partial charge >= 0.3 is 0 Å². The summed E-state index contributed by atoms with van der Waals surface area (Å²) in [7, 11) is 1.71. The molecule has 3 aromatic carbocycles. The van der Waals surface area contributed by atoms with E-state index in [9.17, 15) is 14.4 Å². The average molecular weight is 445 g/mol. The van der Waals surface area contributed by atoms with Crippen molar-refractivity contribution in [3.8, 4) is 0 Å². The first-order valence-corrected chi connectivity index (χ1v) is 10.8. The minimum Gasteiger partial charge on any atom is -0.376 e. The van der Waals surface area contributed by atoms with Gasteiger partial charge in [-0.25, -0.2) is 0 Å². The third-order valence-corrected chi connectivity index (χ3v) is 4.95. The van der Waals surface area contributed by atoms with Crippen molar-refractivity contribution in [2.24, 2.45) is 0 Å². The van der Waals surface area contributed by atoms with Crippen LogP contribution in [0.3, 0.4) is 0 Å². The van der Waals surface area contributed by atoms with E-state index >= 15 is 0 Å². The van der Waals surface area contributed by atoms with Gasteiger partial charge in [0.05, 0.1) is 6.54 Å². The van der Waals surface area contributed by atoms with Gasteiger partial charge in [0.15, 0.2) is 0 Å². The smallest absolute Gasteiger partial charge is 0.258 e. The molecule has 0 bridgehead atoms. The second-order valence-corrected chi connectivity index (χ2v) is 7.52. The van der Waals surface area contributed by atoms with Crippen LogP contribution in [-0.2, 0) is 4.79 Å². The first-order valence-electron chi connectivity index (χ1n) is 10.8. The van der Waals surface area contributed by atoms with E-state index in [-0.39, 0.29) is 24.3 Å². The largest absolute Gasteiger partial charge is 0.376 e. The number of nitrogens with zero attached hydrogens (tertiary/aromatic N) is 1.